The molecule has 3 nitrogen and oxygen atoms in total. The number of ether oxygens (including phenoxy) is 1. The minimum absolute atomic E-state index is 0.167. The lowest BCUT2D eigenvalue weighted by Gasteiger charge is -2.33. The average Bonchev–Trinajstić information content (AvgIpc) is 2.71. The van der Waals surface area contributed by atoms with Gasteiger partial charge in [-0.15, -0.1) is 0 Å². The Hall–Kier alpha value is -3.34. The van der Waals surface area contributed by atoms with Crippen molar-refractivity contribution >= 4 is 16.9 Å². The summed E-state index contributed by atoms with van der Waals surface area (Å²) in [4.78, 5) is 0. The van der Waals surface area contributed by atoms with Gasteiger partial charge in [-0.1, -0.05) is 18.2 Å². The Morgan fingerprint density at radius 2 is 1.71 bits per heavy atom. The normalized spacial score (nSPS) is 14.3. The van der Waals surface area contributed by atoms with Gasteiger partial charge in [0, 0.05) is 35.1 Å². The Kier molecular flexibility index (Phi) is 5.44. The Balaban J connectivity index is 1.87. The number of halogens is 2. The van der Waals surface area contributed by atoms with E-state index in [1.54, 1.807) is 12.1 Å². The fourth-order valence-electron chi connectivity index (χ4n) is 4.31. The summed E-state index contributed by atoms with van der Waals surface area (Å²) in [6, 6.07) is 15.0. The molecule has 2 N–H and O–H groups in total. The molecule has 3 aromatic carbocycles. The molecule has 0 aliphatic carbocycles. The third-order valence-electron chi connectivity index (χ3n) is 5.49. The van der Waals surface area contributed by atoms with E-state index >= 15 is 0 Å². The van der Waals surface area contributed by atoms with Crippen molar-refractivity contribution in [2.75, 3.05) is 17.7 Å². The zero-order valence-corrected chi connectivity index (χ0v) is 18.1. The lowest BCUT2D eigenvalue weighted by molar-refractivity contribution is 0.413. The standard InChI is InChI=1S/C26H26F2N2O/c1-16-14-26(2,3)30-23-11-10-20(21-9-8-18(28)13-24(21)31-4)22(25(16)23)15-29-19-7-5-6-17(27)12-19/h5-14,29-30H,15H2,1-4H3. The van der Waals surface area contributed by atoms with Gasteiger partial charge in [0.05, 0.1) is 12.6 Å². The molecular weight excluding hydrogens is 394 g/mol. The van der Waals surface area contributed by atoms with Gasteiger partial charge in [0.15, 0.2) is 0 Å². The number of anilines is 2. The first-order valence-corrected chi connectivity index (χ1v) is 10.2. The Morgan fingerprint density at radius 3 is 2.45 bits per heavy atom. The maximum absolute atomic E-state index is 13.8. The highest BCUT2D eigenvalue weighted by molar-refractivity contribution is 5.88. The molecule has 0 amide bonds. The maximum atomic E-state index is 13.8. The number of allylic oxidation sites excluding steroid dienone is 1. The van der Waals surface area contributed by atoms with Crippen molar-refractivity contribution in [3.05, 3.63) is 83.4 Å². The van der Waals surface area contributed by atoms with Crippen molar-refractivity contribution in [1.29, 1.82) is 0 Å². The molecule has 1 aliphatic heterocycles. The van der Waals surface area contributed by atoms with Crippen LogP contribution in [0.1, 0.15) is 31.9 Å². The summed E-state index contributed by atoms with van der Waals surface area (Å²) >= 11 is 0. The van der Waals surface area contributed by atoms with Gasteiger partial charge in [0.25, 0.3) is 0 Å². The molecule has 0 saturated heterocycles. The first kappa shape index (κ1) is 20.9. The van der Waals surface area contributed by atoms with Crippen molar-refractivity contribution in [1.82, 2.24) is 0 Å². The minimum Gasteiger partial charge on any atom is -0.496 e. The summed E-state index contributed by atoms with van der Waals surface area (Å²) in [6.45, 7) is 6.82. The van der Waals surface area contributed by atoms with Crippen LogP contribution in [0.4, 0.5) is 20.2 Å². The van der Waals surface area contributed by atoms with E-state index in [2.05, 4.69) is 43.5 Å². The lowest BCUT2D eigenvalue weighted by Crippen LogP contribution is -2.32. The predicted octanol–water partition coefficient (Wildman–Crippen LogP) is 6.86. The monoisotopic (exact) mass is 420 g/mol. The highest BCUT2D eigenvalue weighted by Crippen LogP contribution is 2.42. The van der Waals surface area contributed by atoms with Crippen LogP contribution in [0.2, 0.25) is 0 Å². The van der Waals surface area contributed by atoms with Crippen LogP contribution in [0.25, 0.3) is 16.7 Å². The number of hydrogen-bond acceptors (Lipinski definition) is 3. The molecular formula is C26H26F2N2O. The van der Waals surface area contributed by atoms with Gasteiger partial charge in [-0.25, -0.2) is 8.78 Å². The second kappa shape index (κ2) is 8.06. The first-order chi connectivity index (χ1) is 14.8. The molecule has 0 aromatic heterocycles. The second-order valence-corrected chi connectivity index (χ2v) is 8.40. The van der Waals surface area contributed by atoms with E-state index in [4.69, 9.17) is 4.74 Å². The SMILES string of the molecule is COc1cc(F)ccc1-c1ccc2c(c1CNc1cccc(F)c1)C(C)=CC(C)(C)N2. The number of benzene rings is 3. The Morgan fingerprint density at radius 1 is 0.968 bits per heavy atom. The third kappa shape index (κ3) is 4.26. The number of rotatable bonds is 5. The molecule has 160 valence electrons. The summed E-state index contributed by atoms with van der Waals surface area (Å²) in [5, 5.41) is 6.92. The second-order valence-electron chi connectivity index (χ2n) is 8.40. The van der Waals surface area contributed by atoms with Gasteiger partial charge in [0.1, 0.15) is 17.4 Å². The van der Waals surface area contributed by atoms with Gasteiger partial charge >= 0.3 is 0 Å². The van der Waals surface area contributed by atoms with E-state index in [0.29, 0.717) is 18.0 Å². The zero-order chi connectivity index (χ0) is 22.2. The van der Waals surface area contributed by atoms with E-state index in [1.165, 1.54) is 31.4 Å². The Labute approximate surface area is 181 Å². The molecule has 0 fully saturated rings. The molecule has 5 heteroatoms. The van der Waals surface area contributed by atoms with Crippen molar-refractivity contribution in [3.8, 4) is 16.9 Å². The molecule has 0 radical (unpaired) electrons. The van der Waals surface area contributed by atoms with Crippen molar-refractivity contribution < 1.29 is 13.5 Å². The van der Waals surface area contributed by atoms with Crippen LogP contribution in [-0.2, 0) is 6.54 Å². The molecule has 0 spiro atoms. The van der Waals surface area contributed by atoms with Crippen LogP contribution in [0.5, 0.6) is 5.75 Å². The topological polar surface area (TPSA) is 33.3 Å². The largest absolute Gasteiger partial charge is 0.496 e. The van der Waals surface area contributed by atoms with Gasteiger partial charge in [-0.2, -0.15) is 0 Å². The smallest absolute Gasteiger partial charge is 0.129 e. The van der Waals surface area contributed by atoms with Crippen LogP contribution in [0.15, 0.2) is 60.7 Å². The van der Waals surface area contributed by atoms with Crippen molar-refractivity contribution in [2.45, 2.75) is 32.9 Å². The third-order valence-corrected chi connectivity index (χ3v) is 5.49. The van der Waals surface area contributed by atoms with E-state index in [-0.39, 0.29) is 17.2 Å². The molecule has 3 aromatic rings. The number of fused-ring (bicyclic) bond motifs is 1. The molecule has 0 saturated carbocycles. The highest BCUT2D eigenvalue weighted by atomic mass is 19.1. The molecule has 1 aliphatic rings. The van der Waals surface area contributed by atoms with Crippen LogP contribution in [0, 0.1) is 11.6 Å². The van der Waals surface area contributed by atoms with Gasteiger partial charge in [-0.3, -0.25) is 0 Å². The molecule has 0 bridgehead atoms. The van der Waals surface area contributed by atoms with E-state index in [0.717, 1.165) is 33.5 Å². The van der Waals surface area contributed by atoms with Crippen molar-refractivity contribution in [3.63, 3.8) is 0 Å². The van der Waals surface area contributed by atoms with E-state index < -0.39 is 0 Å². The summed E-state index contributed by atoms with van der Waals surface area (Å²) < 4.78 is 33.0. The molecule has 4 rings (SSSR count). The summed E-state index contributed by atoms with van der Waals surface area (Å²) in [6.07, 6.45) is 2.20. The quantitative estimate of drug-likeness (QED) is 0.473. The number of hydrogen-bond donors (Lipinski definition) is 2. The highest BCUT2D eigenvalue weighted by Gasteiger charge is 2.26. The molecule has 31 heavy (non-hydrogen) atoms. The maximum Gasteiger partial charge on any atom is 0.129 e. The fourth-order valence-corrected chi connectivity index (χ4v) is 4.31. The predicted molar refractivity (Wildman–Crippen MR) is 123 cm³/mol. The van der Waals surface area contributed by atoms with Crippen LogP contribution >= 0.6 is 0 Å². The van der Waals surface area contributed by atoms with Gasteiger partial charge in [0.2, 0.25) is 0 Å². The van der Waals surface area contributed by atoms with E-state index in [1.807, 2.05) is 12.1 Å². The average molecular weight is 421 g/mol. The van der Waals surface area contributed by atoms with Crippen LogP contribution in [0.3, 0.4) is 0 Å². The Bertz CT molecular complexity index is 1170. The fraction of sp³-hybridized carbons (Fsp3) is 0.231. The zero-order valence-electron chi connectivity index (χ0n) is 18.1. The minimum atomic E-state index is -0.350. The van der Waals surface area contributed by atoms with Gasteiger partial charge in [-0.05, 0) is 73.9 Å². The number of nitrogens with one attached hydrogen (secondary N) is 2. The summed E-state index contributed by atoms with van der Waals surface area (Å²) in [5.41, 5.74) is 6.58. The molecule has 1 heterocycles. The first-order valence-electron chi connectivity index (χ1n) is 10.2. The number of methoxy groups -OCH3 is 1. The summed E-state index contributed by atoms with van der Waals surface area (Å²) in [7, 11) is 1.54. The van der Waals surface area contributed by atoms with Crippen molar-refractivity contribution in [2.24, 2.45) is 0 Å². The molecule has 0 unspecified atom stereocenters. The van der Waals surface area contributed by atoms with Crippen LogP contribution in [-0.4, -0.2) is 12.6 Å². The van der Waals surface area contributed by atoms with Gasteiger partial charge < -0.3 is 15.4 Å². The summed E-state index contributed by atoms with van der Waals surface area (Å²) in [5.74, 6) is -0.171. The van der Waals surface area contributed by atoms with Crippen LogP contribution < -0.4 is 15.4 Å². The molecule has 0 atom stereocenters. The van der Waals surface area contributed by atoms with E-state index in [9.17, 15) is 8.78 Å². The lowest BCUT2D eigenvalue weighted by atomic mass is 9.85.